The monoisotopic (exact) mass is 271 g/mol. The van der Waals surface area contributed by atoms with Gasteiger partial charge in [0, 0.05) is 19.4 Å². The maximum absolute atomic E-state index is 12.1. The standard InChI is InChI=1S/C15H17N3O2/c1-18-9-7-13(17-18)14-10-11(6-8-16-14)15(19)20-12-4-2-3-5-12/h6-10,12H,2-5H2,1H3. The minimum atomic E-state index is -0.267. The molecule has 0 unspecified atom stereocenters. The summed E-state index contributed by atoms with van der Waals surface area (Å²) >= 11 is 0. The van der Waals surface area contributed by atoms with Crippen LogP contribution in [0.4, 0.5) is 0 Å². The number of carbonyl (C=O) groups excluding carboxylic acids is 1. The second-order valence-electron chi connectivity index (χ2n) is 5.12. The van der Waals surface area contributed by atoms with Crippen molar-refractivity contribution in [2.24, 2.45) is 7.05 Å². The van der Waals surface area contributed by atoms with Gasteiger partial charge in [0.05, 0.1) is 11.3 Å². The van der Waals surface area contributed by atoms with E-state index >= 15 is 0 Å². The highest BCUT2D eigenvalue weighted by atomic mass is 16.5. The number of esters is 1. The van der Waals surface area contributed by atoms with Gasteiger partial charge in [-0.15, -0.1) is 0 Å². The van der Waals surface area contributed by atoms with Crippen LogP contribution in [0, 0.1) is 0 Å². The molecule has 3 rings (SSSR count). The van der Waals surface area contributed by atoms with Crippen molar-refractivity contribution in [1.82, 2.24) is 14.8 Å². The second kappa shape index (κ2) is 5.45. The van der Waals surface area contributed by atoms with Crippen LogP contribution in [0.1, 0.15) is 36.0 Å². The number of aromatic nitrogens is 3. The Hall–Kier alpha value is -2.17. The molecular weight excluding hydrogens is 254 g/mol. The van der Waals surface area contributed by atoms with Gasteiger partial charge in [-0.3, -0.25) is 9.67 Å². The van der Waals surface area contributed by atoms with Gasteiger partial charge in [-0.05, 0) is 43.9 Å². The fourth-order valence-corrected chi connectivity index (χ4v) is 2.47. The number of carbonyl (C=O) groups is 1. The molecular formula is C15H17N3O2. The van der Waals surface area contributed by atoms with Gasteiger partial charge < -0.3 is 4.74 Å². The molecule has 0 N–H and O–H groups in total. The maximum atomic E-state index is 12.1. The predicted octanol–water partition coefficient (Wildman–Crippen LogP) is 2.58. The molecule has 0 atom stereocenters. The smallest absolute Gasteiger partial charge is 0.338 e. The molecule has 5 nitrogen and oxygen atoms in total. The molecule has 0 aromatic carbocycles. The molecule has 5 heteroatoms. The molecule has 0 bridgehead atoms. The van der Waals surface area contributed by atoms with E-state index in [4.69, 9.17) is 4.74 Å². The van der Waals surface area contributed by atoms with Crippen molar-refractivity contribution in [3.63, 3.8) is 0 Å². The predicted molar refractivity (Wildman–Crippen MR) is 74.1 cm³/mol. The Balaban J connectivity index is 1.78. The van der Waals surface area contributed by atoms with Crippen LogP contribution in [0.2, 0.25) is 0 Å². The largest absolute Gasteiger partial charge is 0.459 e. The number of rotatable bonds is 3. The van der Waals surface area contributed by atoms with E-state index in [1.54, 1.807) is 23.0 Å². The van der Waals surface area contributed by atoms with E-state index in [-0.39, 0.29) is 12.1 Å². The lowest BCUT2D eigenvalue weighted by Gasteiger charge is -2.11. The summed E-state index contributed by atoms with van der Waals surface area (Å²) in [6.07, 6.45) is 7.79. The first-order valence-electron chi connectivity index (χ1n) is 6.89. The first kappa shape index (κ1) is 12.8. The van der Waals surface area contributed by atoms with Gasteiger partial charge in [0.2, 0.25) is 0 Å². The lowest BCUT2D eigenvalue weighted by Crippen LogP contribution is -2.14. The van der Waals surface area contributed by atoms with Crippen LogP contribution >= 0.6 is 0 Å². The molecule has 2 heterocycles. The Labute approximate surface area is 117 Å². The van der Waals surface area contributed by atoms with Crippen molar-refractivity contribution in [3.05, 3.63) is 36.2 Å². The zero-order valence-electron chi connectivity index (χ0n) is 11.5. The number of pyridine rings is 1. The average molecular weight is 271 g/mol. The van der Waals surface area contributed by atoms with Crippen LogP contribution < -0.4 is 0 Å². The minimum absolute atomic E-state index is 0.0777. The third-order valence-corrected chi connectivity index (χ3v) is 3.55. The summed E-state index contributed by atoms with van der Waals surface area (Å²) < 4.78 is 7.21. The van der Waals surface area contributed by atoms with Crippen LogP contribution in [0.25, 0.3) is 11.4 Å². The topological polar surface area (TPSA) is 57.0 Å². The Morgan fingerprint density at radius 2 is 2.10 bits per heavy atom. The molecule has 0 amide bonds. The summed E-state index contributed by atoms with van der Waals surface area (Å²) in [5.74, 6) is -0.267. The molecule has 0 spiro atoms. The quantitative estimate of drug-likeness (QED) is 0.805. The highest BCUT2D eigenvalue weighted by Crippen LogP contribution is 2.23. The van der Waals surface area contributed by atoms with Gasteiger partial charge in [0.15, 0.2) is 0 Å². The number of aryl methyl sites for hydroxylation is 1. The normalized spacial score (nSPS) is 15.4. The summed E-state index contributed by atoms with van der Waals surface area (Å²) in [4.78, 5) is 16.4. The van der Waals surface area contributed by atoms with Crippen LogP contribution in [0.3, 0.4) is 0 Å². The van der Waals surface area contributed by atoms with Crippen LogP contribution in [0.15, 0.2) is 30.6 Å². The summed E-state index contributed by atoms with van der Waals surface area (Å²) in [5, 5.41) is 4.29. The van der Waals surface area contributed by atoms with E-state index in [0.717, 1.165) is 31.4 Å². The fourth-order valence-electron chi connectivity index (χ4n) is 2.47. The lowest BCUT2D eigenvalue weighted by atomic mass is 10.2. The van der Waals surface area contributed by atoms with Gasteiger partial charge in [-0.1, -0.05) is 0 Å². The summed E-state index contributed by atoms with van der Waals surface area (Å²) in [6.45, 7) is 0. The van der Waals surface area contributed by atoms with E-state index in [2.05, 4.69) is 10.1 Å². The number of hydrogen-bond acceptors (Lipinski definition) is 4. The molecule has 1 saturated carbocycles. The van der Waals surface area contributed by atoms with Crippen molar-refractivity contribution >= 4 is 5.97 Å². The number of ether oxygens (including phenoxy) is 1. The highest BCUT2D eigenvalue weighted by molar-refractivity contribution is 5.90. The molecule has 0 radical (unpaired) electrons. The third-order valence-electron chi connectivity index (χ3n) is 3.55. The van der Waals surface area contributed by atoms with E-state index in [1.165, 1.54) is 0 Å². The molecule has 104 valence electrons. The van der Waals surface area contributed by atoms with Crippen LogP contribution in [0.5, 0.6) is 0 Å². The van der Waals surface area contributed by atoms with E-state index in [0.29, 0.717) is 11.3 Å². The van der Waals surface area contributed by atoms with Crippen LogP contribution in [-0.2, 0) is 11.8 Å². The van der Waals surface area contributed by atoms with Gasteiger partial charge in [-0.2, -0.15) is 5.10 Å². The molecule has 0 aliphatic heterocycles. The van der Waals surface area contributed by atoms with E-state index in [1.807, 2.05) is 19.3 Å². The van der Waals surface area contributed by atoms with Gasteiger partial charge in [-0.25, -0.2) is 4.79 Å². The Kier molecular flexibility index (Phi) is 3.50. The van der Waals surface area contributed by atoms with Crippen molar-refractivity contribution in [1.29, 1.82) is 0 Å². The summed E-state index contributed by atoms with van der Waals surface area (Å²) in [5.41, 5.74) is 1.97. The van der Waals surface area contributed by atoms with Gasteiger partial charge >= 0.3 is 5.97 Å². The van der Waals surface area contributed by atoms with Crippen LogP contribution in [-0.4, -0.2) is 26.8 Å². The molecule has 2 aromatic rings. The molecule has 2 aromatic heterocycles. The van der Waals surface area contributed by atoms with E-state index < -0.39 is 0 Å². The first-order chi connectivity index (χ1) is 9.72. The number of hydrogen-bond donors (Lipinski definition) is 0. The zero-order valence-corrected chi connectivity index (χ0v) is 11.5. The second-order valence-corrected chi connectivity index (χ2v) is 5.12. The van der Waals surface area contributed by atoms with E-state index in [9.17, 15) is 4.79 Å². The highest BCUT2D eigenvalue weighted by Gasteiger charge is 2.20. The molecule has 20 heavy (non-hydrogen) atoms. The zero-order chi connectivity index (χ0) is 13.9. The fraction of sp³-hybridized carbons (Fsp3) is 0.400. The summed E-state index contributed by atoms with van der Waals surface area (Å²) in [7, 11) is 1.85. The van der Waals surface area contributed by atoms with Gasteiger partial charge in [0.25, 0.3) is 0 Å². The molecule has 0 saturated heterocycles. The maximum Gasteiger partial charge on any atom is 0.338 e. The minimum Gasteiger partial charge on any atom is -0.459 e. The SMILES string of the molecule is Cn1ccc(-c2cc(C(=O)OC3CCCC3)ccn2)n1. The Morgan fingerprint density at radius 3 is 2.80 bits per heavy atom. The number of nitrogens with zero attached hydrogens (tertiary/aromatic N) is 3. The lowest BCUT2D eigenvalue weighted by molar-refractivity contribution is 0.0318. The van der Waals surface area contributed by atoms with Crippen molar-refractivity contribution < 1.29 is 9.53 Å². The average Bonchev–Trinajstić information content (AvgIpc) is 3.10. The first-order valence-corrected chi connectivity index (χ1v) is 6.89. The third kappa shape index (κ3) is 2.71. The Bertz CT molecular complexity index is 615. The molecule has 1 aliphatic carbocycles. The van der Waals surface area contributed by atoms with Crippen molar-refractivity contribution in [2.75, 3.05) is 0 Å². The summed E-state index contributed by atoms with van der Waals surface area (Å²) in [6, 6.07) is 5.29. The Morgan fingerprint density at radius 1 is 1.30 bits per heavy atom. The molecule has 1 fully saturated rings. The van der Waals surface area contributed by atoms with Crippen molar-refractivity contribution in [2.45, 2.75) is 31.8 Å². The molecule has 1 aliphatic rings. The van der Waals surface area contributed by atoms with Gasteiger partial charge in [0.1, 0.15) is 11.8 Å². The van der Waals surface area contributed by atoms with Crippen molar-refractivity contribution in [3.8, 4) is 11.4 Å².